The van der Waals surface area contributed by atoms with Crippen LogP contribution in [0.4, 0.5) is 11.4 Å². The van der Waals surface area contributed by atoms with Gasteiger partial charge in [-0.25, -0.2) is 0 Å². The van der Waals surface area contributed by atoms with Gasteiger partial charge in [0.1, 0.15) is 5.75 Å². The third-order valence-electron chi connectivity index (χ3n) is 3.77. The molecule has 0 aliphatic carbocycles. The fourth-order valence-corrected chi connectivity index (χ4v) is 2.58. The summed E-state index contributed by atoms with van der Waals surface area (Å²) in [5.41, 5.74) is 0.773. The smallest absolute Gasteiger partial charge is 0.275 e. The molecule has 2 atom stereocenters. The minimum absolute atomic E-state index is 0.0424. The molecule has 0 bridgehead atoms. The average Bonchev–Trinajstić information content (AvgIpc) is 2.47. The van der Waals surface area contributed by atoms with Crippen LogP contribution in [0.25, 0.3) is 0 Å². The maximum atomic E-state index is 10.9. The van der Waals surface area contributed by atoms with Gasteiger partial charge in [-0.15, -0.1) is 0 Å². The number of piperidine rings is 1. The molecule has 1 fully saturated rings. The van der Waals surface area contributed by atoms with Gasteiger partial charge in [-0.1, -0.05) is 0 Å². The van der Waals surface area contributed by atoms with Gasteiger partial charge in [0.05, 0.1) is 18.1 Å². The van der Waals surface area contributed by atoms with Crippen LogP contribution in [0.1, 0.15) is 19.8 Å². The van der Waals surface area contributed by atoms with Crippen LogP contribution >= 0.6 is 0 Å². The molecule has 2 N–H and O–H groups in total. The van der Waals surface area contributed by atoms with Gasteiger partial charge < -0.3 is 15.4 Å². The Labute approximate surface area is 118 Å². The second-order valence-electron chi connectivity index (χ2n) is 5.22. The molecule has 2 unspecified atom stereocenters. The molecular weight excluding hydrogens is 258 g/mol. The zero-order valence-electron chi connectivity index (χ0n) is 11.9. The van der Waals surface area contributed by atoms with Crippen molar-refractivity contribution in [3.05, 3.63) is 28.3 Å². The Balaban J connectivity index is 2.11. The maximum absolute atomic E-state index is 10.9. The Bertz CT molecular complexity index is 473. The predicted molar refractivity (Wildman–Crippen MR) is 78.3 cm³/mol. The molecule has 2 rings (SSSR count). The van der Waals surface area contributed by atoms with Crippen molar-refractivity contribution in [2.45, 2.75) is 25.8 Å². The molecule has 110 valence electrons. The summed E-state index contributed by atoms with van der Waals surface area (Å²) in [6, 6.07) is 5.03. The molecule has 0 amide bonds. The van der Waals surface area contributed by atoms with Crippen molar-refractivity contribution in [1.29, 1.82) is 0 Å². The molecule has 0 aromatic heterocycles. The fourth-order valence-electron chi connectivity index (χ4n) is 2.58. The van der Waals surface area contributed by atoms with E-state index < -0.39 is 4.92 Å². The van der Waals surface area contributed by atoms with Gasteiger partial charge in [0.2, 0.25) is 0 Å². The number of rotatable bonds is 5. The molecule has 1 aromatic rings. The van der Waals surface area contributed by atoms with Crippen molar-refractivity contribution >= 4 is 11.4 Å². The molecule has 6 heteroatoms. The largest absolute Gasteiger partial charge is 0.496 e. The summed E-state index contributed by atoms with van der Waals surface area (Å²) in [4.78, 5) is 10.5. The maximum Gasteiger partial charge on any atom is 0.275 e. The number of ether oxygens (including phenoxy) is 1. The zero-order chi connectivity index (χ0) is 14.5. The van der Waals surface area contributed by atoms with Gasteiger partial charge in [-0.2, -0.15) is 0 Å². The topological polar surface area (TPSA) is 76.4 Å². The second-order valence-corrected chi connectivity index (χ2v) is 5.22. The van der Waals surface area contributed by atoms with E-state index in [-0.39, 0.29) is 11.7 Å². The monoisotopic (exact) mass is 279 g/mol. The van der Waals surface area contributed by atoms with Crippen molar-refractivity contribution in [3.63, 3.8) is 0 Å². The third-order valence-corrected chi connectivity index (χ3v) is 3.77. The first kappa shape index (κ1) is 14.6. The average molecular weight is 279 g/mol. The number of nitrogens with one attached hydrogen (secondary N) is 2. The lowest BCUT2D eigenvalue weighted by Gasteiger charge is -2.29. The van der Waals surface area contributed by atoms with Gasteiger partial charge >= 0.3 is 0 Å². The molecule has 0 spiro atoms. The number of nitrogens with zero attached hydrogens (tertiary/aromatic N) is 1. The third kappa shape index (κ3) is 3.60. The first-order valence-corrected chi connectivity index (χ1v) is 6.91. The first-order valence-electron chi connectivity index (χ1n) is 6.91. The van der Waals surface area contributed by atoms with Crippen molar-refractivity contribution in [1.82, 2.24) is 5.32 Å². The molecular formula is C14H21N3O3. The number of anilines is 1. The van der Waals surface area contributed by atoms with Gasteiger partial charge in [-0.05, 0) is 38.8 Å². The molecule has 1 aliphatic rings. The quantitative estimate of drug-likeness (QED) is 0.639. The van der Waals surface area contributed by atoms with E-state index in [0.29, 0.717) is 11.7 Å². The number of hydrogen-bond acceptors (Lipinski definition) is 5. The molecule has 1 heterocycles. The van der Waals surface area contributed by atoms with E-state index in [1.807, 2.05) is 0 Å². The number of benzene rings is 1. The Morgan fingerprint density at radius 3 is 2.90 bits per heavy atom. The van der Waals surface area contributed by atoms with E-state index in [4.69, 9.17) is 4.74 Å². The standard InChI is InChI=1S/C14H21N3O3/c1-10(11-4-3-5-15-9-11)16-12-6-13(17(18)19)8-14(7-12)20-2/h6-8,10-11,15-16H,3-5,9H2,1-2H3. The minimum atomic E-state index is -0.402. The van der Waals surface area contributed by atoms with Gasteiger partial charge in [-0.3, -0.25) is 10.1 Å². The highest BCUT2D eigenvalue weighted by Crippen LogP contribution is 2.27. The molecule has 0 radical (unpaired) electrons. The lowest BCUT2D eigenvalue weighted by molar-refractivity contribution is -0.384. The van der Waals surface area contributed by atoms with Crippen molar-refractivity contribution < 1.29 is 9.66 Å². The van der Waals surface area contributed by atoms with Crippen molar-refractivity contribution in [2.24, 2.45) is 5.92 Å². The Morgan fingerprint density at radius 1 is 1.50 bits per heavy atom. The Hall–Kier alpha value is -1.82. The van der Waals surface area contributed by atoms with E-state index in [1.54, 1.807) is 12.1 Å². The number of hydrogen-bond donors (Lipinski definition) is 2. The summed E-state index contributed by atoms with van der Waals surface area (Å²) in [6.45, 7) is 4.18. The predicted octanol–water partition coefficient (Wildman–Crippen LogP) is 2.40. The molecule has 20 heavy (non-hydrogen) atoms. The summed E-state index contributed by atoms with van der Waals surface area (Å²) in [6.07, 6.45) is 2.35. The summed E-state index contributed by atoms with van der Waals surface area (Å²) in [7, 11) is 1.51. The van der Waals surface area contributed by atoms with E-state index in [9.17, 15) is 10.1 Å². The van der Waals surface area contributed by atoms with Gasteiger partial charge in [0.15, 0.2) is 0 Å². The SMILES string of the molecule is COc1cc(NC(C)C2CCCNC2)cc([N+](=O)[O-])c1. The highest BCUT2D eigenvalue weighted by atomic mass is 16.6. The summed E-state index contributed by atoms with van der Waals surface area (Å²) < 4.78 is 5.12. The van der Waals surface area contributed by atoms with E-state index in [2.05, 4.69) is 17.6 Å². The summed E-state index contributed by atoms with van der Waals surface area (Å²) in [5.74, 6) is 1.03. The highest BCUT2D eigenvalue weighted by Gasteiger charge is 2.20. The van der Waals surface area contributed by atoms with Crippen LogP contribution < -0.4 is 15.4 Å². The number of nitro groups is 1. The van der Waals surface area contributed by atoms with Crippen LogP contribution in [0.3, 0.4) is 0 Å². The molecule has 6 nitrogen and oxygen atoms in total. The van der Waals surface area contributed by atoms with Crippen molar-refractivity contribution in [3.8, 4) is 5.75 Å². The summed E-state index contributed by atoms with van der Waals surface area (Å²) >= 11 is 0. The first-order chi connectivity index (χ1) is 9.60. The van der Waals surface area contributed by atoms with E-state index >= 15 is 0 Å². The molecule has 0 saturated carbocycles. The minimum Gasteiger partial charge on any atom is -0.496 e. The zero-order valence-corrected chi connectivity index (χ0v) is 11.9. The van der Waals surface area contributed by atoms with Crippen LogP contribution in [0, 0.1) is 16.0 Å². The van der Waals surface area contributed by atoms with Gasteiger partial charge in [0, 0.05) is 23.9 Å². The molecule has 1 saturated heterocycles. The highest BCUT2D eigenvalue weighted by molar-refractivity contribution is 5.56. The number of methoxy groups -OCH3 is 1. The Kier molecular flexibility index (Phi) is 4.79. The van der Waals surface area contributed by atoms with Crippen LogP contribution in [0.2, 0.25) is 0 Å². The van der Waals surface area contributed by atoms with Crippen LogP contribution in [-0.4, -0.2) is 31.2 Å². The van der Waals surface area contributed by atoms with E-state index in [1.165, 1.54) is 26.0 Å². The second kappa shape index (κ2) is 6.56. The van der Waals surface area contributed by atoms with E-state index in [0.717, 1.165) is 18.8 Å². The fraction of sp³-hybridized carbons (Fsp3) is 0.571. The summed E-state index contributed by atoms with van der Waals surface area (Å²) in [5, 5.41) is 17.7. The van der Waals surface area contributed by atoms with Crippen molar-refractivity contribution in [2.75, 3.05) is 25.5 Å². The normalized spacial score (nSPS) is 20.2. The Morgan fingerprint density at radius 2 is 2.30 bits per heavy atom. The number of non-ortho nitro benzene ring substituents is 1. The lowest BCUT2D eigenvalue weighted by Crippen LogP contribution is -2.38. The van der Waals surface area contributed by atoms with Gasteiger partial charge in [0.25, 0.3) is 5.69 Å². The van der Waals surface area contributed by atoms with Crippen LogP contribution in [-0.2, 0) is 0 Å². The molecule has 1 aliphatic heterocycles. The lowest BCUT2D eigenvalue weighted by atomic mass is 9.92. The molecule has 1 aromatic carbocycles. The number of nitro benzene ring substituents is 1. The van der Waals surface area contributed by atoms with Crippen LogP contribution in [0.5, 0.6) is 5.75 Å². The van der Waals surface area contributed by atoms with Crippen LogP contribution in [0.15, 0.2) is 18.2 Å².